The lowest BCUT2D eigenvalue weighted by Crippen LogP contribution is -2.34. The summed E-state index contributed by atoms with van der Waals surface area (Å²) in [7, 11) is 0. The van der Waals surface area contributed by atoms with Crippen molar-refractivity contribution >= 4 is 0 Å². The Morgan fingerprint density at radius 3 is 2.46 bits per heavy atom. The molecule has 0 aromatic carbocycles. The summed E-state index contributed by atoms with van der Waals surface area (Å²) in [6.45, 7) is 5.08. The van der Waals surface area contributed by atoms with Gasteiger partial charge in [0, 0.05) is 6.04 Å². The second kappa shape index (κ2) is 5.61. The number of nitrogens with one attached hydrogen (secondary N) is 1. The van der Waals surface area contributed by atoms with Gasteiger partial charge >= 0.3 is 0 Å². The predicted molar refractivity (Wildman–Crippen MR) is 55.7 cm³/mol. The van der Waals surface area contributed by atoms with Crippen LogP contribution in [0.3, 0.4) is 0 Å². The Labute approximate surface area is 81.7 Å². The quantitative estimate of drug-likeness (QED) is 0.686. The molecular formula is C11H23NO. The van der Waals surface area contributed by atoms with E-state index in [9.17, 15) is 0 Å². The maximum absolute atomic E-state index is 9.09. The first-order valence-corrected chi connectivity index (χ1v) is 5.61. The molecule has 78 valence electrons. The molecule has 0 radical (unpaired) electrons. The minimum atomic E-state index is -0.164. The Hall–Kier alpha value is -0.0800. The first kappa shape index (κ1) is 11.0. The van der Waals surface area contributed by atoms with Gasteiger partial charge in [0.2, 0.25) is 0 Å². The lowest BCUT2D eigenvalue weighted by molar-refractivity contribution is 0.180. The summed E-state index contributed by atoms with van der Waals surface area (Å²) in [5.41, 5.74) is 0. The van der Waals surface area contributed by atoms with E-state index in [-0.39, 0.29) is 6.10 Å². The van der Waals surface area contributed by atoms with E-state index in [1.54, 1.807) is 0 Å². The van der Waals surface area contributed by atoms with Crippen LogP contribution in [0, 0.1) is 5.92 Å². The molecule has 2 heteroatoms. The van der Waals surface area contributed by atoms with Crippen molar-refractivity contribution in [3.63, 3.8) is 0 Å². The van der Waals surface area contributed by atoms with Crippen LogP contribution in [0.2, 0.25) is 0 Å². The maximum Gasteiger partial charge on any atom is 0.0524 e. The zero-order valence-corrected chi connectivity index (χ0v) is 8.92. The van der Waals surface area contributed by atoms with Crippen LogP contribution in [0.5, 0.6) is 0 Å². The van der Waals surface area contributed by atoms with Crippen LogP contribution in [-0.4, -0.2) is 23.8 Å². The van der Waals surface area contributed by atoms with Gasteiger partial charge in [0.15, 0.2) is 0 Å². The van der Waals surface area contributed by atoms with E-state index in [1.165, 1.54) is 25.7 Å². The summed E-state index contributed by atoms with van der Waals surface area (Å²) < 4.78 is 0. The third-order valence-electron chi connectivity index (χ3n) is 3.14. The maximum atomic E-state index is 9.09. The van der Waals surface area contributed by atoms with Gasteiger partial charge in [-0.15, -0.1) is 0 Å². The van der Waals surface area contributed by atoms with Gasteiger partial charge in [-0.2, -0.15) is 0 Å². The fourth-order valence-electron chi connectivity index (χ4n) is 2.14. The Bertz CT molecular complexity index is 130. The Balaban J connectivity index is 2.06. The molecule has 1 aliphatic rings. The van der Waals surface area contributed by atoms with E-state index < -0.39 is 0 Å². The first-order chi connectivity index (χ1) is 6.20. The molecule has 2 atom stereocenters. The van der Waals surface area contributed by atoms with Gasteiger partial charge in [-0.1, -0.05) is 12.8 Å². The molecule has 0 bridgehead atoms. The van der Waals surface area contributed by atoms with Crippen LogP contribution in [0.15, 0.2) is 0 Å². The van der Waals surface area contributed by atoms with Crippen LogP contribution in [0.1, 0.15) is 46.0 Å². The number of hydrogen-bond acceptors (Lipinski definition) is 2. The molecule has 0 spiro atoms. The zero-order chi connectivity index (χ0) is 9.68. The molecule has 2 nitrogen and oxygen atoms in total. The van der Waals surface area contributed by atoms with Gasteiger partial charge in [-0.25, -0.2) is 0 Å². The molecule has 1 aliphatic carbocycles. The van der Waals surface area contributed by atoms with Crippen molar-refractivity contribution in [1.29, 1.82) is 0 Å². The van der Waals surface area contributed by atoms with E-state index in [2.05, 4.69) is 12.2 Å². The molecular weight excluding hydrogens is 162 g/mol. The summed E-state index contributed by atoms with van der Waals surface area (Å²) in [5, 5.41) is 12.6. The molecule has 1 fully saturated rings. The first-order valence-electron chi connectivity index (χ1n) is 5.61. The van der Waals surface area contributed by atoms with Gasteiger partial charge in [0.05, 0.1) is 6.10 Å². The van der Waals surface area contributed by atoms with Gasteiger partial charge in [-0.3, -0.25) is 0 Å². The second-order valence-electron chi connectivity index (χ2n) is 4.43. The van der Waals surface area contributed by atoms with E-state index in [0.29, 0.717) is 6.04 Å². The van der Waals surface area contributed by atoms with Crippen LogP contribution in [-0.2, 0) is 0 Å². The highest BCUT2D eigenvalue weighted by atomic mass is 16.3. The molecule has 0 heterocycles. The Morgan fingerprint density at radius 1 is 1.31 bits per heavy atom. The number of aliphatic hydroxyl groups excluding tert-OH is 1. The monoisotopic (exact) mass is 185 g/mol. The molecule has 2 N–H and O–H groups in total. The number of hydrogen-bond donors (Lipinski definition) is 2. The highest BCUT2D eigenvalue weighted by Gasteiger charge is 2.20. The van der Waals surface area contributed by atoms with Crippen LogP contribution in [0.25, 0.3) is 0 Å². The molecule has 1 rings (SSSR count). The highest BCUT2D eigenvalue weighted by molar-refractivity contribution is 4.77. The van der Waals surface area contributed by atoms with Crippen molar-refractivity contribution < 1.29 is 5.11 Å². The lowest BCUT2D eigenvalue weighted by atomic mass is 10.00. The normalized spacial score (nSPS) is 23.3. The van der Waals surface area contributed by atoms with Gasteiger partial charge in [0.25, 0.3) is 0 Å². The predicted octanol–water partition coefficient (Wildman–Crippen LogP) is 1.93. The molecule has 0 aromatic rings. The zero-order valence-electron chi connectivity index (χ0n) is 8.92. The topological polar surface area (TPSA) is 32.3 Å². The van der Waals surface area contributed by atoms with E-state index in [4.69, 9.17) is 5.11 Å². The average Bonchev–Trinajstić information content (AvgIpc) is 2.55. The molecule has 2 unspecified atom stereocenters. The number of rotatable bonds is 5. The van der Waals surface area contributed by atoms with Crippen molar-refractivity contribution in [3.8, 4) is 0 Å². The second-order valence-corrected chi connectivity index (χ2v) is 4.43. The summed E-state index contributed by atoms with van der Waals surface area (Å²) in [5.74, 6) is 0.883. The average molecular weight is 185 g/mol. The molecule has 0 amide bonds. The fourth-order valence-corrected chi connectivity index (χ4v) is 2.14. The minimum absolute atomic E-state index is 0.164. The summed E-state index contributed by atoms with van der Waals surface area (Å²) in [4.78, 5) is 0. The minimum Gasteiger partial charge on any atom is -0.393 e. The van der Waals surface area contributed by atoms with E-state index in [1.807, 2.05) is 6.92 Å². The third-order valence-corrected chi connectivity index (χ3v) is 3.14. The summed E-state index contributed by atoms with van der Waals surface area (Å²) in [6, 6.07) is 0.640. The van der Waals surface area contributed by atoms with Crippen LogP contribution < -0.4 is 5.32 Å². The van der Waals surface area contributed by atoms with Crippen molar-refractivity contribution in [2.75, 3.05) is 6.54 Å². The standard InChI is InChI=1S/C11H23NO/c1-9(13)7-8-12-10(2)11-5-3-4-6-11/h9-13H,3-8H2,1-2H3. The summed E-state index contributed by atoms with van der Waals surface area (Å²) in [6.07, 6.45) is 6.31. The van der Waals surface area contributed by atoms with Gasteiger partial charge in [0.1, 0.15) is 0 Å². The van der Waals surface area contributed by atoms with E-state index >= 15 is 0 Å². The van der Waals surface area contributed by atoms with E-state index in [0.717, 1.165) is 18.9 Å². The molecule has 0 saturated heterocycles. The molecule has 13 heavy (non-hydrogen) atoms. The van der Waals surface area contributed by atoms with Crippen molar-refractivity contribution in [2.24, 2.45) is 5.92 Å². The van der Waals surface area contributed by atoms with Crippen LogP contribution in [0.4, 0.5) is 0 Å². The smallest absolute Gasteiger partial charge is 0.0524 e. The molecule has 1 saturated carbocycles. The highest BCUT2D eigenvalue weighted by Crippen LogP contribution is 2.27. The molecule has 0 aromatic heterocycles. The van der Waals surface area contributed by atoms with Crippen molar-refractivity contribution in [2.45, 2.75) is 58.1 Å². The van der Waals surface area contributed by atoms with Crippen molar-refractivity contribution in [3.05, 3.63) is 0 Å². The fraction of sp³-hybridized carbons (Fsp3) is 1.00. The SMILES string of the molecule is CC(O)CCNC(C)C1CCCC1. The van der Waals surface area contributed by atoms with Gasteiger partial charge in [-0.05, 0) is 45.6 Å². The Morgan fingerprint density at radius 2 is 1.92 bits per heavy atom. The molecule has 0 aliphatic heterocycles. The van der Waals surface area contributed by atoms with Gasteiger partial charge < -0.3 is 10.4 Å². The number of aliphatic hydroxyl groups is 1. The third kappa shape index (κ3) is 4.10. The lowest BCUT2D eigenvalue weighted by Gasteiger charge is -2.20. The summed E-state index contributed by atoms with van der Waals surface area (Å²) >= 11 is 0. The largest absolute Gasteiger partial charge is 0.393 e. The Kier molecular flexibility index (Phi) is 4.74. The van der Waals surface area contributed by atoms with Crippen molar-refractivity contribution in [1.82, 2.24) is 5.32 Å². The van der Waals surface area contributed by atoms with Crippen LogP contribution >= 0.6 is 0 Å².